The van der Waals surface area contributed by atoms with Gasteiger partial charge in [0, 0.05) is 39.9 Å². The summed E-state index contributed by atoms with van der Waals surface area (Å²) < 4.78 is 2.07. The first kappa shape index (κ1) is 23.9. The number of benzene rings is 3. The number of anilines is 1. The first-order valence-electron chi connectivity index (χ1n) is 11.3. The van der Waals surface area contributed by atoms with E-state index in [1.165, 1.54) is 0 Å². The van der Waals surface area contributed by atoms with Crippen LogP contribution in [0.3, 0.4) is 0 Å². The number of halogens is 1. The van der Waals surface area contributed by atoms with Crippen LogP contribution in [-0.2, 0) is 16.1 Å². The van der Waals surface area contributed by atoms with Crippen LogP contribution in [0, 0.1) is 6.92 Å². The molecule has 2 heterocycles. The smallest absolute Gasteiger partial charge is 0.294 e. The number of nitrogens with zero attached hydrogens (tertiary/aromatic N) is 2. The van der Waals surface area contributed by atoms with Gasteiger partial charge in [0.25, 0.3) is 11.1 Å². The average molecular weight is 516 g/mol. The number of rotatable bonds is 6. The molecule has 0 unspecified atom stereocenters. The summed E-state index contributed by atoms with van der Waals surface area (Å²) >= 11 is 7.21. The molecule has 3 aromatic carbocycles. The fraction of sp³-hybridized carbons (Fsp3) is 0.107. The summed E-state index contributed by atoms with van der Waals surface area (Å²) in [5, 5.41) is 3.90. The molecule has 0 atom stereocenters. The average Bonchev–Trinajstić information content (AvgIpc) is 3.34. The SMILES string of the molecule is Cc1ccc(NC(=O)CN2C(=O)S/C(=C/c3cn(Cc4ccccc4Cl)c4ccccc34)C2=O)cc1. The summed E-state index contributed by atoms with van der Waals surface area (Å²) in [6.07, 6.45) is 3.67. The number of amides is 3. The molecule has 1 fully saturated rings. The van der Waals surface area contributed by atoms with Gasteiger partial charge in [0.2, 0.25) is 5.91 Å². The van der Waals surface area contributed by atoms with E-state index in [0.29, 0.717) is 17.3 Å². The van der Waals surface area contributed by atoms with Crippen LogP contribution < -0.4 is 5.32 Å². The minimum Gasteiger partial charge on any atom is -0.342 e. The molecule has 0 bridgehead atoms. The Morgan fingerprint density at radius 3 is 2.50 bits per heavy atom. The molecule has 6 nitrogen and oxygen atoms in total. The van der Waals surface area contributed by atoms with Crippen LogP contribution in [0.15, 0.2) is 83.9 Å². The monoisotopic (exact) mass is 515 g/mol. The zero-order valence-corrected chi connectivity index (χ0v) is 21.0. The highest BCUT2D eigenvalue weighted by atomic mass is 35.5. The number of aryl methyl sites for hydroxylation is 1. The molecule has 5 rings (SSSR count). The Bertz CT molecular complexity index is 1520. The maximum absolute atomic E-state index is 13.0. The van der Waals surface area contributed by atoms with E-state index in [-0.39, 0.29) is 11.4 Å². The van der Waals surface area contributed by atoms with Gasteiger partial charge in [-0.15, -0.1) is 0 Å². The standard InChI is InChI=1S/C28H22ClN3O3S/c1-18-10-12-21(13-11-18)30-26(33)17-32-27(34)25(36-28(32)35)14-20-16-31(24-9-5-3-7-22(20)24)15-19-6-2-4-8-23(19)29/h2-14,16H,15,17H2,1H3,(H,30,33)/b25-14+. The van der Waals surface area contributed by atoms with Crippen molar-refractivity contribution in [2.75, 3.05) is 11.9 Å². The molecule has 8 heteroatoms. The van der Waals surface area contributed by atoms with E-state index >= 15 is 0 Å². The van der Waals surface area contributed by atoms with Crippen molar-refractivity contribution in [3.05, 3.63) is 106 Å². The van der Waals surface area contributed by atoms with Crippen molar-refractivity contribution in [2.45, 2.75) is 13.5 Å². The van der Waals surface area contributed by atoms with Gasteiger partial charge in [-0.25, -0.2) is 0 Å². The Morgan fingerprint density at radius 2 is 1.72 bits per heavy atom. The molecule has 0 spiro atoms. The van der Waals surface area contributed by atoms with E-state index in [2.05, 4.69) is 9.88 Å². The Balaban J connectivity index is 1.38. The van der Waals surface area contributed by atoms with Crippen LogP contribution in [0.25, 0.3) is 17.0 Å². The van der Waals surface area contributed by atoms with E-state index in [9.17, 15) is 14.4 Å². The maximum atomic E-state index is 13.0. The molecule has 1 saturated heterocycles. The number of fused-ring (bicyclic) bond motifs is 1. The molecule has 4 aromatic rings. The summed E-state index contributed by atoms with van der Waals surface area (Å²) in [6.45, 7) is 2.17. The second-order valence-corrected chi connectivity index (χ2v) is 9.90. The summed E-state index contributed by atoms with van der Waals surface area (Å²) in [4.78, 5) is 39.4. The number of carbonyl (C=O) groups excluding carboxylic acids is 3. The fourth-order valence-electron chi connectivity index (χ4n) is 4.09. The molecular formula is C28H22ClN3O3S. The number of nitrogens with one attached hydrogen (secondary N) is 1. The number of thioether (sulfide) groups is 1. The van der Waals surface area contributed by atoms with E-state index < -0.39 is 17.1 Å². The predicted molar refractivity (Wildman–Crippen MR) is 145 cm³/mol. The lowest BCUT2D eigenvalue weighted by Crippen LogP contribution is -2.36. The molecule has 0 saturated carbocycles. The fourth-order valence-corrected chi connectivity index (χ4v) is 5.11. The van der Waals surface area contributed by atoms with Gasteiger partial charge in [-0.05, 0) is 54.6 Å². The molecule has 0 radical (unpaired) electrons. The van der Waals surface area contributed by atoms with Crippen molar-refractivity contribution in [1.29, 1.82) is 0 Å². The second-order valence-electron chi connectivity index (χ2n) is 8.50. The molecule has 3 amide bonds. The van der Waals surface area contributed by atoms with Crippen molar-refractivity contribution in [3.63, 3.8) is 0 Å². The summed E-state index contributed by atoms with van der Waals surface area (Å²) in [6, 6.07) is 22.8. The van der Waals surface area contributed by atoms with Crippen LogP contribution in [0.5, 0.6) is 0 Å². The normalized spacial score (nSPS) is 14.7. The minimum atomic E-state index is -0.480. The highest BCUT2D eigenvalue weighted by Gasteiger charge is 2.36. The Hall–Kier alpha value is -3.81. The first-order valence-corrected chi connectivity index (χ1v) is 12.5. The Kier molecular flexibility index (Phi) is 6.67. The van der Waals surface area contributed by atoms with Gasteiger partial charge < -0.3 is 9.88 Å². The quantitative estimate of drug-likeness (QED) is 0.305. The lowest BCUT2D eigenvalue weighted by Gasteiger charge is -2.12. The van der Waals surface area contributed by atoms with E-state index in [1.54, 1.807) is 18.2 Å². The summed E-state index contributed by atoms with van der Waals surface area (Å²) in [5.74, 6) is -0.911. The molecule has 36 heavy (non-hydrogen) atoms. The van der Waals surface area contributed by atoms with E-state index in [1.807, 2.05) is 73.8 Å². The van der Waals surface area contributed by atoms with Crippen LogP contribution in [-0.4, -0.2) is 33.1 Å². The molecule has 1 aliphatic rings. The first-order chi connectivity index (χ1) is 17.4. The van der Waals surface area contributed by atoms with Gasteiger partial charge in [0.15, 0.2) is 0 Å². The number of para-hydroxylation sites is 1. The number of carbonyl (C=O) groups is 3. The van der Waals surface area contributed by atoms with Gasteiger partial charge in [0.1, 0.15) is 6.54 Å². The lowest BCUT2D eigenvalue weighted by molar-refractivity contribution is -0.127. The highest BCUT2D eigenvalue weighted by molar-refractivity contribution is 8.18. The van der Waals surface area contributed by atoms with E-state index in [4.69, 9.17) is 11.6 Å². The molecule has 0 aliphatic carbocycles. The third-order valence-electron chi connectivity index (χ3n) is 5.92. The zero-order valence-electron chi connectivity index (χ0n) is 19.4. The van der Waals surface area contributed by atoms with Crippen LogP contribution in [0.4, 0.5) is 10.5 Å². The van der Waals surface area contributed by atoms with E-state index in [0.717, 1.165) is 44.3 Å². The molecule has 1 aromatic heterocycles. The van der Waals surface area contributed by atoms with Gasteiger partial charge in [-0.2, -0.15) is 0 Å². The van der Waals surface area contributed by atoms with Crippen molar-refractivity contribution >= 4 is 63.1 Å². The topological polar surface area (TPSA) is 71.4 Å². The van der Waals surface area contributed by atoms with Crippen molar-refractivity contribution < 1.29 is 14.4 Å². The maximum Gasteiger partial charge on any atom is 0.294 e. The largest absolute Gasteiger partial charge is 0.342 e. The molecule has 1 N–H and O–H groups in total. The van der Waals surface area contributed by atoms with Gasteiger partial charge >= 0.3 is 0 Å². The summed E-state index contributed by atoms with van der Waals surface area (Å²) in [5.41, 5.74) is 4.45. The molecule has 180 valence electrons. The van der Waals surface area contributed by atoms with Crippen molar-refractivity contribution in [1.82, 2.24) is 9.47 Å². The van der Waals surface area contributed by atoms with Crippen molar-refractivity contribution in [2.24, 2.45) is 0 Å². The zero-order chi connectivity index (χ0) is 25.2. The predicted octanol–water partition coefficient (Wildman–Crippen LogP) is 6.33. The Labute approximate surface area is 217 Å². The highest BCUT2D eigenvalue weighted by Crippen LogP contribution is 2.34. The number of aromatic nitrogens is 1. The lowest BCUT2D eigenvalue weighted by atomic mass is 10.1. The van der Waals surface area contributed by atoms with Crippen molar-refractivity contribution in [3.8, 4) is 0 Å². The van der Waals surface area contributed by atoms with Gasteiger partial charge in [0.05, 0.1) is 4.91 Å². The third kappa shape index (κ3) is 4.94. The molecular weight excluding hydrogens is 494 g/mol. The number of imide groups is 1. The van der Waals surface area contributed by atoms with Gasteiger partial charge in [-0.3, -0.25) is 19.3 Å². The van der Waals surface area contributed by atoms with Crippen LogP contribution >= 0.6 is 23.4 Å². The second kappa shape index (κ2) is 10.0. The minimum absolute atomic E-state index is 0.281. The van der Waals surface area contributed by atoms with Crippen LogP contribution in [0.1, 0.15) is 16.7 Å². The Morgan fingerprint density at radius 1 is 1.00 bits per heavy atom. The van der Waals surface area contributed by atoms with Crippen LogP contribution in [0.2, 0.25) is 5.02 Å². The molecule has 1 aliphatic heterocycles. The van der Waals surface area contributed by atoms with Gasteiger partial charge in [-0.1, -0.05) is 65.7 Å². The summed E-state index contributed by atoms with van der Waals surface area (Å²) in [7, 11) is 0. The number of hydrogen-bond donors (Lipinski definition) is 1. The number of hydrogen-bond acceptors (Lipinski definition) is 4. The third-order valence-corrected chi connectivity index (χ3v) is 7.19.